The van der Waals surface area contributed by atoms with Crippen molar-refractivity contribution < 1.29 is 0 Å². The summed E-state index contributed by atoms with van der Waals surface area (Å²) in [6, 6.07) is 0. The minimum Gasteiger partial charge on any atom is -0.336 e. The Morgan fingerprint density at radius 3 is 3.00 bits per heavy atom. The monoisotopic (exact) mass is 179 g/mol. The van der Waals surface area contributed by atoms with E-state index in [4.69, 9.17) is 0 Å². The predicted molar refractivity (Wildman–Crippen MR) is 52.4 cm³/mol. The van der Waals surface area contributed by atoms with Gasteiger partial charge in [0, 0.05) is 32.0 Å². The molecule has 0 saturated carbocycles. The summed E-state index contributed by atoms with van der Waals surface area (Å²) in [6.45, 7) is 7.12. The summed E-state index contributed by atoms with van der Waals surface area (Å²) in [5, 5.41) is 0. The molecule has 1 saturated heterocycles. The number of likely N-dealkylation sites (tertiary alicyclic amines) is 1. The molecule has 72 valence electrons. The van der Waals surface area contributed by atoms with Crippen LogP contribution in [-0.4, -0.2) is 34.1 Å². The summed E-state index contributed by atoms with van der Waals surface area (Å²) >= 11 is 0. The van der Waals surface area contributed by atoms with Gasteiger partial charge in [0.05, 0.1) is 6.33 Å². The highest BCUT2D eigenvalue weighted by molar-refractivity contribution is 4.76. The first-order valence-corrected chi connectivity index (χ1v) is 5.02. The third-order valence-electron chi connectivity index (χ3n) is 2.74. The molecule has 1 aromatic heterocycles. The van der Waals surface area contributed by atoms with Gasteiger partial charge in [-0.2, -0.15) is 0 Å². The van der Waals surface area contributed by atoms with Gasteiger partial charge in [-0.15, -0.1) is 0 Å². The molecule has 0 aromatic carbocycles. The molecule has 1 fully saturated rings. The van der Waals surface area contributed by atoms with E-state index in [1.807, 2.05) is 18.7 Å². The van der Waals surface area contributed by atoms with Crippen LogP contribution in [0.15, 0.2) is 18.7 Å². The maximum atomic E-state index is 4.03. The molecular weight excluding hydrogens is 162 g/mol. The first kappa shape index (κ1) is 8.75. The van der Waals surface area contributed by atoms with Gasteiger partial charge < -0.3 is 9.47 Å². The van der Waals surface area contributed by atoms with Crippen molar-refractivity contribution in [2.24, 2.45) is 5.92 Å². The van der Waals surface area contributed by atoms with Crippen LogP contribution in [0.4, 0.5) is 0 Å². The number of aromatic nitrogens is 2. The van der Waals surface area contributed by atoms with E-state index in [0.29, 0.717) is 0 Å². The summed E-state index contributed by atoms with van der Waals surface area (Å²) in [6.07, 6.45) is 7.12. The summed E-state index contributed by atoms with van der Waals surface area (Å²) in [5.74, 6) is 0.891. The molecule has 2 heterocycles. The van der Waals surface area contributed by atoms with Gasteiger partial charge in [-0.05, 0) is 18.9 Å². The molecule has 3 heteroatoms. The van der Waals surface area contributed by atoms with E-state index in [0.717, 1.165) is 12.5 Å². The summed E-state index contributed by atoms with van der Waals surface area (Å²) in [5.41, 5.74) is 0. The lowest BCUT2D eigenvalue weighted by atomic mass is 10.2. The predicted octanol–water partition coefficient (Wildman–Crippen LogP) is 1.22. The Labute approximate surface area is 79.4 Å². The number of nitrogens with zero attached hydrogens (tertiary/aromatic N) is 3. The van der Waals surface area contributed by atoms with E-state index in [2.05, 4.69) is 21.4 Å². The van der Waals surface area contributed by atoms with Gasteiger partial charge in [0.2, 0.25) is 0 Å². The van der Waals surface area contributed by atoms with E-state index in [-0.39, 0.29) is 0 Å². The van der Waals surface area contributed by atoms with Crippen molar-refractivity contribution in [2.75, 3.05) is 19.6 Å². The molecule has 3 nitrogen and oxygen atoms in total. The Bertz CT molecular complexity index is 243. The molecule has 0 radical (unpaired) electrons. The molecule has 1 aliphatic rings. The van der Waals surface area contributed by atoms with Crippen LogP contribution in [0.3, 0.4) is 0 Å². The van der Waals surface area contributed by atoms with Crippen LogP contribution in [0.25, 0.3) is 0 Å². The van der Waals surface area contributed by atoms with Crippen LogP contribution >= 0.6 is 0 Å². The van der Waals surface area contributed by atoms with E-state index < -0.39 is 0 Å². The fourth-order valence-electron chi connectivity index (χ4n) is 1.91. The molecular formula is C10H17N3. The molecule has 13 heavy (non-hydrogen) atoms. The van der Waals surface area contributed by atoms with Crippen LogP contribution in [-0.2, 0) is 6.54 Å². The molecule has 0 amide bonds. The van der Waals surface area contributed by atoms with Crippen LogP contribution in [0.5, 0.6) is 0 Å². The highest BCUT2D eigenvalue weighted by Crippen LogP contribution is 2.14. The maximum Gasteiger partial charge on any atom is 0.0946 e. The minimum absolute atomic E-state index is 0.891. The Morgan fingerprint density at radius 1 is 1.46 bits per heavy atom. The van der Waals surface area contributed by atoms with Crippen molar-refractivity contribution in [1.29, 1.82) is 0 Å². The summed E-state index contributed by atoms with van der Waals surface area (Å²) in [4.78, 5) is 6.56. The molecule has 1 atom stereocenters. The number of rotatable bonds is 3. The number of hydrogen-bond acceptors (Lipinski definition) is 2. The lowest BCUT2D eigenvalue weighted by molar-refractivity contribution is 0.312. The first-order valence-electron chi connectivity index (χ1n) is 5.02. The average Bonchev–Trinajstić information content (AvgIpc) is 2.71. The second kappa shape index (κ2) is 3.92. The normalized spacial score (nSPS) is 23.9. The third-order valence-corrected chi connectivity index (χ3v) is 2.74. The van der Waals surface area contributed by atoms with Crippen molar-refractivity contribution in [3.63, 3.8) is 0 Å². The van der Waals surface area contributed by atoms with Crippen molar-refractivity contribution >= 4 is 0 Å². The quantitative estimate of drug-likeness (QED) is 0.695. The van der Waals surface area contributed by atoms with Crippen molar-refractivity contribution in [2.45, 2.75) is 19.9 Å². The zero-order valence-electron chi connectivity index (χ0n) is 8.19. The van der Waals surface area contributed by atoms with E-state index in [1.54, 1.807) is 0 Å². The van der Waals surface area contributed by atoms with Crippen molar-refractivity contribution in [3.8, 4) is 0 Å². The minimum atomic E-state index is 0.891. The zero-order chi connectivity index (χ0) is 9.10. The molecule has 1 aromatic rings. The van der Waals surface area contributed by atoms with Crippen LogP contribution in [0.2, 0.25) is 0 Å². The van der Waals surface area contributed by atoms with Gasteiger partial charge >= 0.3 is 0 Å². The van der Waals surface area contributed by atoms with Crippen LogP contribution in [0.1, 0.15) is 13.3 Å². The van der Waals surface area contributed by atoms with Gasteiger partial charge in [0.1, 0.15) is 0 Å². The van der Waals surface area contributed by atoms with Gasteiger partial charge in [0.25, 0.3) is 0 Å². The molecule has 1 aliphatic heterocycles. The molecule has 0 bridgehead atoms. The van der Waals surface area contributed by atoms with Crippen molar-refractivity contribution in [3.05, 3.63) is 18.7 Å². The molecule has 2 rings (SSSR count). The molecule has 0 aliphatic carbocycles. The van der Waals surface area contributed by atoms with Gasteiger partial charge in [-0.3, -0.25) is 0 Å². The number of hydrogen-bond donors (Lipinski definition) is 0. The third kappa shape index (κ3) is 2.31. The highest BCUT2D eigenvalue weighted by atomic mass is 15.2. The molecule has 0 spiro atoms. The SMILES string of the molecule is CC1CCN(CCn2ccnc2)C1. The lowest BCUT2D eigenvalue weighted by Crippen LogP contribution is -2.24. The standard InChI is InChI=1S/C10H17N3/c1-10-2-4-12(8-10)6-7-13-5-3-11-9-13/h3,5,9-10H,2,4,6-8H2,1H3. The first-order chi connectivity index (χ1) is 6.34. The Kier molecular flexibility index (Phi) is 2.64. The van der Waals surface area contributed by atoms with Gasteiger partial charge in [-0.1, -0.05) is 6.92 Å². The lowest BCUT2D eigenvalue weighted by Gasteiger charge is -2.14. The zero-order valence-corrected chi connectivity index (χ0v) is 8.19. The average molecular weight is 179 g/mol. The summed E-state index contributed by atoms with van der Waals surface area (Å²) < 4.78 is 2.14. The molecule has 0 N–H and O–H groups in total. The van der Waals surface area contributed by atoms with Crippen molar-refractivity contribution in [1.82, 2.24) is 14.5 Å². The molecule has 1 unspecified atom stereocenters. The van der Waals surface area contributed by atoms with Crippen LogP contribution in [0, 0.1) is 5.92 Å². The van der Waals surface area contributed by atoms with E-state index in [1.165, 1.54) is 26.1 Å². The second-order valence-corrected chi connectivity index (χ2v) is 3.99. The fourth-order valence-corrected chi connectivity index (χ4v) is 1.91. The fraction of sp³-hybridized carbons (Fsp3) is 0.700. The van der Waals surface area contributed by atoms with Crippen LogP contribution < -0.4 is 0 Å². The smallest absolute Gasteiger partial charge is 0.0946 e. The Hall–Kier alpha value is -0.830. The van der Waals surface area contributed by atoms with Gasteiger partial charge in [0.15, 0.2) is 0 Å². The van der Waals surface area contributed by atoms with Gasteiger partial charge in [-0.25, -0.2) is 4.98 Å². The van der Waals surface area contributed by atoms with E-state index in [9.17, 15) is 0 Å². The number of imidazole rings is 1. The highest BCUT2D eigenvalue weighted by Gasteiger charge is 2.17. The Balaban J connectivity index is 1.74. The summed E-state index contributed by atoms with van der Waals surface area (Å²) in [7, 11) is 0. The maximum absolute atomic E-state index is 4.03. The Morgan fingerprint density at radius 2 is 2.38 bits per heavy atom. The largest absolute Gasteiger partial charge is 0.336 e. The van der Waals surface area contributed by atoms with E-state index >= 15 is 0 Å². The second-order valence-electron chi connectivity index (χ2n) is 3.99. The topological polar surface area (TPSA) is 21.1 Å².